The fourth-order valence-corrected chi connectivity index (χ4v) is 3.48. The van der Waals surface area contributed by atoms with Crippen molar-refractivity contribution in [1.29, 1.82) is 0 Å². The van der Waals surface area contributed by atoms with Gasteiger partial charge in [-0.1, -0.05) is 48.5 Å². The highest BCUT2D eigenvalue weighted by Crippen LogP contribution is 2.34. The van der Waals surface area contributed by atoms with Crippen LogP contribution in [0.25, 0.3) is 0 Å². The molecular formula is C21H23N3O. The molecule has 4 heteroatoms. The molecule has 2 fully saturated rings. The molecule has 1 amide bonds. The van der Waals surface area contributed by atoms with Crippen LogP contribution in [-0.4, -0.2) is 41.2 Å². The molecule has 0 saturated carbocycles. The lowest BCUT2D eigenvalue weighted by Gasteiger charge is -2.33. The highest BCUT2D eigenvalue weighted by Gasteiger charge is 2.35. The van der Waals surface area contributed by atoms with Crippen LogP contribution in [0.2, 0.25) is 0 Å². The lowest BCUT2D eigenvalue weighted by atomic mass is 10.0. The van der Waals surface area contributed by atoms with Crippen LogP contribution in [-0.2, 0) is 0 Å². The first-order valence-corrected chi connectivity index (χ1v) is 9.04. The Morgan fingerprint density at radius 3 is 2.48 bits per heavy atom. The number of benzene rings is 2. The molecule has 0 aliphatic carbocycles. The first-order chi connectivity index (χ1) is 12.3. The number of hydrogen-bond donors (Lipinski definition) is 0. The lowest BCUT2D eigenvalue weighted by Crippen LogP contribution is -2.44. The highest BCUT2D eigenvalue weighted by atomic mass is 16.2. The maximum atomic E-state index is 12.8. The molecule has 25 heavy (non-hydrogen) atoms. The molecule has 2 saturated heterocycles. The molecule has 0 radical (unpaired) electrons. The van der Waals surface area contributed by atoms with E-state index in [1.807, 2.05) is 47.5 Å². The van der Waals surface area contributed by atoms with Crippen molar-refractivity contribution in [3.63, 3.8) is 0 Å². The van der Waals surface area contributed by atoms with Crippen LogP contribution in [0.1, 0.15) is 41.2 Å². The Kier molecular flexibility index (Phi) is 4.51. The molecular weight excluding hydrogens is 310 g/mol. The maximum absolute atomic E-state index is 12.8. The number of carbonyl (C=O) groups excluding carboxylic acids is 1. The predicted molar refractivity (Wildman–Crippen MR) is 99.5 cm³/mol. The molecule has 4 rings (SSSR count). The van der Waals surface area contributed by atoms with Crippen molar-refractivity contribution in [3.05, 3.63) is 71.8 Å². The summed E-state index contributed by atoms with van der Waals surface area (Å²) < 4.78 is 0. The summed E-state index contributed by atoms with van der Waals surface area (Å²) in [5.41, 5.74) is 2.07. The lowest BCUT2D eigenvalue weighted by molar-refractivity contribution is 0.0683. The Labute approximate surface area is 148 Å². The summed E-state index contributed by atoms with van der Waals surface area (Å²) in [6.07, 6.45) is 5.19. The molecule has 128 valence electrons. The van der Waals surface area contributed by atoms with Crippen LogP contribution in [0.4, 0.5) is 0 Å². The predicted octanol–water partition coefficient (Wildman–Crippen LogP) is 3.72. The second kappa shape index (κ2) is 7.09. The fraction of sp³-hybridized carbons (Fsp3) is 0.333. The van der Waals surface area contributed by atoms with Gasteiger partial charge in [0, 0.05) is 18.3 Å². The van der Waals surface area contributed by atoms with Gasteiger partial charge in [-0.05, 0) is 37.0 Å². The third-order valence-electron chi connectivity index (χ3n) is 4.99. The molecule has 2 aliphatic heterocycles. The summed E-state index contributed by atoms with van der Waals surface area (Å²) in [6, 6.07) is 20.5. The van der Waals surface area contributed by atoms with E-state index in [2.05, 4.69) is 34.4 Å². The zero-order valence-corrected chi connectivity index (χ0v) is 14.3. The molecule has 0 bridgehead atoms. The molecule has 2 unspecified atom stereocenters. The number of carbonyl (C=O) groups is 1. The Bertz CT molecular complexity index is 744. The summed E-state index contributed by atoms with van der Waals surface area (Å²) in [5, 5.41) is 6.75. The standard InChI is InChI=1S/C21H23N3O/c25-21(18-11-5-2-6-12-18)23-14-8-7-13-19(23)15-22-24-16-20(24)17-9-3-1-4-10-17/h1-6,9-12,15,19-20H,7-8,13-14,16H2/b22-15+. The monoisotopic (exact) mass is 333 g/mol. The topological polar surface area (TPSA) is 35.7 Å². The van der Waals surface area contributed by atoms with Crippen LogP contribution >= 0.6 is 0 Å². The van der Waals surface area contributed by atoms with Crippen LogP contribution in [0.15, 0.2) is 65.8 Å². The van der Waals surface area contributed by atoms with E-state index in [-0.39, 0.29) is 11.9 Å². The molecule has 0 N–H and O–H groups in total. The number of hydrazone groups is 1. The maximum Gasteiger partial charge on any atom is 0.254 e. The second-order valence-electron chi connectivity index (χ2n) is 6.74. The normalized spacial score (nSPS) is 23.0. The van der Waals surface area contributed by atoms with E-state index >= 15 is 0 Å². The molecule has 2 atom stereocenters. The molecule has 0 spiro atoms. The Hall–Kier alpha value is -2.62. The summed E-state index contributed by atoms with van der Waals surface area (Å²) >= 11 is 0. The summed E-state index contributed by atoms with van der Waals surface area (Å²) in [7, 11) is 0. The summed E-state index contributed by atoms with van der Waals surface area (Å²) in [5.74, 6) is 0.113. The number of hydrogen-bond acceptors (Lipinski definition) is 3. The Morgan fingerprint density at radius 1 is 1.00 bits per heavy atom. The van der Waals surface area contributed by atoms with E-state index in [9.17, 15) is 4.79 Å². The van der Waals surface area contributed by atoms with Gasteiger partial charge in [-0.3, -0.25) is 9.80 Å². The third kappa shape index (κ3) is 3.58. The van der Waals surface area contributed by atoms with Gasteiger partial charge in [0.05, 0.1) is 18.6 Å². The van der Waals surface area contributed by atoms with Crippen LogP contribution in [0.5, 0.6) is 0 Å². The van der Waals surface area contributed by atoms with Gasteiger partial charge in [0.1, 0.15) is 0 Å². The van der Waals surface area contributed by atoms with E-state index in [1.54, 1.807) is 0 Å². The van der Waals surface area contributed by atoms with Gasteiger partial charge in [0.15, 0.2) is 0 Å². The van der Waals surface area contributed by atoms with Gasteiger partial charge in [-0.2, -0.15) is 5.10 Å². The number of nitrogens with zero attached hydrogens (tertiary/aromatic N) is 3. The smallest absolute Gasteiger partial charge is 0.254 e. The molecule has 2 aromatic rings. The average molecular weight is 333 g/mol. The van der Waals surface area contributed by atoms with Gasteiger partial charge in [0.2, 0.25) is 0 Å². The SMILES string of the molecule is O=C(c1ccccc1)N1CCCCC1/C=N/N1CC1c1ccccc1. The third-order valence-corrected chi connectivity index (χ3v) is 4.99. The number of rotatable bonds is 4. The van der Waals surface area contributed by atoms with E-state index in [0.29, 0.717) is 6.04 Å². The van der Waals surface area contributed by atoms with Crippen LogP contribution < -0.4 is 0 Å². The van der Waals surface area contributed by atoms with Gasteiger partial charge < -0.3 is 4.90 Å². The minimum Gasteiger partial charge on any atom is -0.331 e. The fourth-order valence-electron chi connectivity index (χ4n) is 3.48. The second-order valence-corrected chi connectivity index (χ2v) is 6.74. The van der Waals surface area contributed by atoms with Crippen molar-refractivity contribution in [2.24, 2.45) is 5.10 Å². The number of piperidine rings is 1. The van der Waals surface area contributed by atoms with Gasteiger partial charge in [0.25, 0.3) is 5.91 Å². The quantitative estimate of drug-likeness (QED) is 0.631. The molecule has 2 aliphatic rings. The number of amides is 1. The first kappa shape index (κ1) is 15.9. The van der Waals surface area contributed by atoms with E-state index in [0.717, 1.165) is 37.9 Å². The molecule has 2 aromatic carbocycles. The van der Waals surface area contributed by atoms with Crippen LogP contribution in [0.3, 0.4) is 0 Å². The Balaban J connectivity index is 1.43. The zero-order chi connectivity index (χ0) is 17.1. The van der Waals surface area contributed by atoms with Gasteiger partial charge in [-0.25, -0.2) is 0 Å². The largest absolute Gasteiger partial charge is 0.331 e. The van der Waals surface area contributed by atoms with Crippen LogP contribution in [0, 0.1) is 0 Å². The van der Waals surface area contributed by atoms with Gasteiger partial charge in [-0.15, -0.1) is 0 Å². The van der Waals surface area contributed by atoms with Gasteiger partial charge >= 0.3 is 0 Å². The average Bonchev–Trinajstić information content (AvgIpc) is 3.47. The highest BCUT2D eigenvalue weighted by molar-refractivity contribution is 5.96. The minimum absolute atomic E-state index is 0.0958. The van der Waals surface area contributed by atoms with E-state index in [1.165, 1.54) is 5.56 Å². The van der Waals surface area contributed by atoms with Crippen molar-refractivity contribution in [2.45, 2.75) is 31.3 Å². The van der Waals surface area contributed by atoms with E-state index < -0.39 is 0 Å². The van der Waals surface area contributed by atoms with Crippen molar-refractivity contribution >= 4 is 12.1 Å². The summed E-state index contributed by atoms with van der Waals surface area (Å²) in [4.78, 5) is 14.8. The number of likely N-dealkylation sites (tertiary alicyclic amines) is 1. The zero-order valence-electron chi connectivity index (χ0n) is 14.3. The minimum atomic E-state index is 0.0958. The van der Waals surface area contributed by atoms with Crippen molar-refractivity contribution in [1.82, 2.24) is 9.91 Å². The summed E-state index contributed by atoms with van der Waals surface area (Å²) in [6.45, 7) is 1.77. The molecule has 0 aromatic heterocycles. The van der Waals surface area contributed by atoms with Crippen molar-refractivity contribution < 1.29 is 4.79 Å². The molecule has 4 nitrogen and oxygen atoms in total. The molecule has 2 heterocycles. The van der Waals surface area contributed by atoms with Crippen molar-refractivity contribution in [2.75, 3.05) is 13.1 Å². The van der Waals surface area contributed by atoms with E-state index in [4.69, 9.17) is 0 Å². The first-order valence-electron chi connectivity index (χ1n) is 9.04. The Morgan fingerprint density at radius 2 is 1.72 bits per heavy atom. The van der Waals surface area contributed by atoms with Crippen molar-refractivity contribution in [3.8, 4) is 0 Å².